The van der Waals surface area contributed by atoms with E-state index < -0.39 is 20.9 Å². The number of methoxy groups -OCH3 is 1. The molecule has 0 aromatic heterocycles. The molecule has 0 unspecified atom stereocenters. The van der Waals surface area contributed by atoms with Gasteiger partial charge in [0.15, 0.2) is 0 Å². The third-order valence-corrected chi connectivity index (χ3v) is 6.43. The molecular formula is C23H20N2O7S. The summed E-state index contributed by atoms with van der Waals surface area (Å²) in [5.41, 5.74) is 0.759. The number of benzene rings is 3. The molecule has 3 rings (SSSR count). The molecule has 3 aromatic rings. The Bertz CT molecular complexity index is 1290. The van der Waals surface area contributed by atoms with Crippen molar-refractivity contribution >= 4 is 33.4 Å². The molecule has 9 nitrogen and oxygen atoms in total. The number of ether oxygens (including phenoxy) is 2. The molecule has 3 aromatic carbocycles. The molecule has 0 spiro atoms. The van der Waals surface area contributed by atoms with Crippen LogP contribution in [0.3, 0.4) is 0 Å². The van der Waals surface area contributed by atoms with E-state index in [1.54, 1.807) is 18.2 Å². The zero-order valence-corrected chi connectivity index (χ0v) is 18.6. The van der Waals surface area contributed by atoms with Gasteiger partial charge >= 0.3 is 5.97 Å². The number of hydrogen-bond acceptors (Lipinski definition) is 7. The highest BCUT2D eigenvalue weighted by atomic mass is 32.2. The Hall–Kier alpha value is -4.18. The number of nitrogens with zero attached hydrogens (tertiary/aromatic N) is 2. The van der Waals surface area contributed by atoms with Crippen molar-refractivity contribution in [3.63, 3.8) is 0 Å². The van der Waals surface area contributed by atoms with Crippen LogP contribution in [0.5, 0.6) is 11.5 Å². The number of sulfonamides is 1. The third kappa shape index (κ3) is 5.74. The third-order valence-electron chi connectivity index (χ3n) is 4.63. The van der Waals surface area contributed by atoms with Crippen LogP contribution in [0, 0.1) is 10.1 Å². The highest BCUT2D eigenvalue weighted by Gasteiger charge is 2.21. The fourth-order valence-corrected chi connectivity index (χ4v) is 4.02. The topological polar surface area (TPSA) is 116 Å². The average Bonchev–Trinajstić information content (AvgIpc) is 2.83. The Morgan fingerprint density at radius 1 is 1.00 bits per heavy atom. The first-order valence-electron chi connectivity index (χ1n) is 9.58. The zero-order valence-electron chi connectivity index (χ0n) is 17.7. The first-order chi connectivity index (χ1) is 15.7. The van der Waals surface area contributed by atoms with Crippen molar-refractivity contribution in [2.24, 2.45) is 0 Å². The number of esters is 1. The molecule has 0 atom stereocenters. The van der Waals surface area contributed by atoms with E-state index in [1.807, 2.05) is 0 Å². The second kappa shape index (κ2) is 9.96. The minimum absolute atomic E-state index is 0.0881. The molecule has 0 aliphatic rings. The van der Waals surface area contributed by atoms with E-state index in [0.29, 0.717) is 17.0 Å². The van der Waals surface area contributed by atoms with E-state index >= 15 is 0 Å². The quantitative estimate of drug-likeness (QED) is 0.161. The lowest BCUT2D eigenvalue weighted by Gasteiger charge is -2.20. The van der Waals surface area contributed by atoms with Crippen LogP contribution in [-0.4, -0.2) is 33.5 Å². The summed E-state index contributed by atoms with van der Waals surface area (Å²) in [4.78, 5) is 22.5. The molecule has 0 fully saturated rings. The summed E-state index contributed by atoms with van der Waals surface area (Å²) in [6.07, 6.45) is 2.55. The van der Waals surface area contributed by atoms with E-state index in [1.165, 1.54) is 74.8 Å². The normalized spacial score (nSPS) is 11.2. The van der Waals surface area contributed by atoms with Gasteiger partial charge in [-0.15, -0.1) is 0 Å². The molecule has 0 bridgehead atoms. The average molecular weight is 468 g/mol. The summed E-state index contributed by atoms with van der Waals surface area (Å²) >= 11 is 0. The number of carbonyl (C=O) groups excluding carboxylic acids is 1. The van der Waals surface area contributed by atoms with Crippen LogP contribution in [0.2, 0.25) is 0 Å². The number of hydrogen-bond donors (Lipinski definition) is 0. The van der Waals surface area contributed by atoms with Crippen molar-refractivity contribution in [2.45, 2.75) is 4.90 Å². The lowest BCUT2D eigenvalue weighted by atomic mass is 10.2. The number of anilines is 1. The van der Waals surface area contributed by atoms with E-state index in [-0.39, 0.29) is 16.3 Å². The Kier molecular flexibility index (Phi) is 7.09. The number of nitro groups is 1. The highest BCUT2D eigenvalue weighted by Crippen LogP contribution is 2.25. The number of rotatable bonds is 8. The van der Waals surface area contributed by atoms with Crippen molar-refractivity contribution in [2.75, 3.05) is 18.5 Å². The summed E-state index contributed by atoms with van der Waals surface area (Å²) in [5.74, 6) is 0.0680. The maximum Gasteiger partial charge on any atom is 0.336 e. The van der Waals surface area contributed by atoms with Gasteiger partial charge in [0.1, 0.15) is 11.5 Å². The Morgan fingerprint density at radius 2 is 1.64 bits per heavy atom. The molecule has 0 aliphatic carbocycles. The second-order valence-corrected chi connectivity index (χ2v) is 8.72. The van der Waals surface area contributed by atoms with Crippen molar-refractivity contribution < 1.29 is 27.6 Å². The summed E-state index contributed by atoms with van der Waals surface area (Å²) in [6.45, 7) is 0. The molecule has 0 radical (unpaired) electrons. The fourth-order valence-electron chi connectivity index (χ4n) is 2.83. The van der Waals surface area contributed by atoms with Crippen molar-refractivity contribution in [3.8, 4) is 11.5 Å². The SMILES string of the molecule is COc1ccc(S(=O)(=O)N(C)c2ccc(OC(=O)/C=C/c3cccc([N+](=O)[O-])c3)cc2)cc1. The largest absolute Gasteiger partial charge is 0.497 e. The van der Waals surface area contributed by atoms with Gasteiger partial charge in [-0.3, -0.25) is 14.4 Å². The highest BCUT2D eigenvalue weighted by molar-refractivity contribution is 7.92. The summed E-state index contributed by atoms with van der Waals surface area (Å²) < 4.78 is 37.0. The van der Waals surface area contributed by atoms with Gasteiger partial charge in [0, 0.05) is 25.3 Å². The molecule has 33 heavy (non-hydrogen) atoms. The standard InChI is InChI=1S/C23H20N2O7S/c1-24(33(29,30)22-13-11-20(31-2)12-14-22)18-7-9-21(10-8-18)32-23(26)15-6-17-4-3-5-19(16-17)25(27)28/h3-16H,1-2H3/b15-6+. The first-order valence-corrected chi connectivity index (χ1v) is 11.0. The van der Waals surface area contributed by atoms with Gasteiger partial charge in [0.25, 0.3) is 15.7 Å². The van der Waals surface area contributed by atoms with E-state index in [2.05, 4.69) is 0 Å². The molecule has 0 N–H and O–H groups in total. The monoisotopic (exact) mass is 468 g/mol. The Labute approximate surface area is 190 Å². The predicted molar refractivity (Wildman–Crippen MR) is 123 cm³/mol. The van der Waals surface area contributed by atoms with Crippen LogP contribution in [0.1, 0.15) is 5.56 Å². The molecule has 170 valence electrons. The summed E-state index contributed by atoms with van der Waals surface area (Å²) in [6, 6.07) is 17.8. The minimum atomic E-state index is -3.79. The van der Waals surface area contributed by atoms with Gasteiger partial charge < -0.3 is 9.47 Å². The lowest BCUT2D eigenvalue weighted by Crippen LogP contribution is -2.26. The number of nitro benzene ring substituents is 1. The maximum absolute atomic E-state index is 12.8. The van der Waals surface area contributed by atoms with Gasteiger partial charge in [-0.1, -0.05) is 12.1 Å². The van der Waals surface area contributed by atoms with Crippen molar-refractivity contribution in [1.29, 1.82) is 0 Å². The molecule has 0 aliphatic heterocycles. The molecule has 0 saturated heterocycles. The van der Waals surface area contributed by atoms with Crippen molar-refractivity contribution in [1.82, 2.24) is 0 Å². The van der Waals surface area contributed by atoms with E-state index in [9.17, 15) is 23.3 Å². The minimum Gasteiger partial charge on any atom is -0.497 e. The van der Waals surface area contributed by atoms with Gasteiger partial charge in [-0.05, 0) is 60.2 Å². The molecular weight excluding hydrogens is 448 g/mol. The molecule has 0 saturated carbocycles. The van der Waals surface area contributed by atoms with E-state index in [4.69, 9.17) is 9.47 Å². The second-order valence-electron chi connectivity index (χ2n) is 6.75. The summed E-state index contributed by atoms with van der Waals surface area (Å²) in [5, 5.41) is 10.8. The predicted octanol–water partition coefficient (Wildman–Crippen LogP) is 4.05. The van der Waals surface area contributed by atoms with Gasteiger partial charge in [-0.25, -0.2) is 13.2 Å². The van der Waals surface area contributed by atoms with Crippen molar-refractivity contribution in [3.05, 3.63) is 94.6 Å². The molecule has 0 heterocycles. The van der Waals surface area contributed by atoms with Crippen LogP contribution >= 0.6 is 0 Å². The Morgan fingerprint density at radius 3 is 2.24 bits per heavy atom. The first kappa shape index (κ1) is 23.5. The van der Waals surface area contributed by atoms with Crippen LogP contribution < -0.4 is 13.8 Å². The van der Waals surface area contributed by atoms with Gasteiger partial charge in [0.2, 0.25) is 0 Å². The lowest BCUT2D eigenvalue weighted by molar-refractivity contribution is -0.384. The van der Waals surface area contributed by atoms with Crippen LogP contribution in [0.15, 0.2) is 83.8 Å². The zero-order chi connectivity index (χ0) is 24.0. The van der Waals surface area contributed by atoms with Crippen LogP contribution in [0.4, 0.5) is 11.4 Å². The van der Waals surface area contributed by atoms with E-state index in [0.717, 1.165) is 10.4 Å². The maximum atomic E-state index is 12.8. The summed E-state index contributed by atoms with van der Waals surface area (Å²) in [7, 11) is -0.878. The number of carbonyl (C=O) groups is 1. The molecule has 0 amide bonds. The van der Waals surface area contributed by atoms with Gasteiger partial charge in [-0.2, -0.15) is 0 Å². The van der Waals surface area contributed by atoms with Crippen LogP contribution in [-0.2, 0) is 14.8 Å². The fraction of sp³-hybridized carbons (Fsp3) is 0.0870. The van der Waals surface area contributed by atoms with Gasteiger partial charge in [0.05, 0.1) is 22.6 Å². The molecule has 10 heteroatoms. The van der Waals surface area contributed by atoms with Crippen LogP contribution in [0.25, 0.3) is 6.08 Å². The smallest absolute Gasteiger partial charge is 0.336 e. The number of non-ortho nitro benzene ring substituents is 1. The Balaban J connectivity index is 1.67.